The predicted molar refractivity (Wildman–Crippen MR) is 138 cm³/mol. The van der Waals surface area contributed by atoms with Crippen LogP contribution in [0.5, 0.6) is 5.75 Å². The molecule has 5 rings (SSSR count). The fourth-order valence-corrected chi connectivity index (χ4v) is 6.51. The lowest BCUT2D eigenvalue weighted by molar-refractivity contribution is -0.137. The van der Waals surface area contributed by atoms with Gasteiger partial charge in [-0.2, -0.15) is 4.31 Å². The Kier molecular flexibility index (Phi) is 6.66. The number of carboxylic acids is 1. The van der Waals surface area contributed by atoms with Crippen LogP contribution in [0.3, 0.4) is 0 Å². The Hall–Kier alpha value is -3.83. The van der Waals surface area contributed by atoms with Gasteiger partial charge in [0.2, 0.25) is 10.0 Å². The molecule has 2 unspecified atom stereocenters. The van der Waals surface area contributed by atoms with Gasteiger partial charge in [0.25, 0.3) is 0 Å². The van der Waals surface area contributed by atoms with Crippen molar-refractivity contribution in [3.8, 4) is 5.75 Å². The Balaban J connectivity index is 1.56. The van der Waals surface area contributed by atoms with E-state index in [0.717, 1.165) is 5.56 Å². The number of hydrogen-bond acceptors (Lipinski definition) is 6. The number of para-hydroxylation sites is 1. The van der Waals surface area contributed by atoms with Crippen LogP contribution < -0.4 is 4.74 Å². The van der Waals surface area contributed by atoms with Crippen LogP contribution in [0.4, 0.5) is 4.39 Å². The van der Waals surface area contributed by atoms with Crippen molar-refractivity contribution in [2.75, 3.05) is 6.54 Å². The third-order valence-electron chi connectivity index (χ3n) is 6.88. The van der Waals surface area contributed by atoms with Crippen molar-refractivity contribution < 1.29 is 27.4 Å². The van der Waals surface area contributed by atoms with Crippen LogP contribution in [0.15, 0.2) is 59.5 Å². The largest absolute Gasteiger partial charge is 0.488 e. The summed E-state index contributed by atoms with van der Waals surface area (Å²) in [5.41, 5.74) is 2.83. The van der Waals surface area contributed by atoms with E-state index in [2.05, 4.69) is 10.3 Å². The van der Waals surface area contributed by atoms with Gasteiger partial charge in [0.15, 0.2) is 5.82 Å². The lowest BCUT2D eigenvalue weighted by atomic mass is 9.86. The van der Waals surface area contributed by atoms with Gasteiger partial charge in [0.05, 0.1) is 18.5 Å². The summed E-state index contributed by atoms with van der Waals surface area (Å²) in [5.74, 6) is -2.22. The van der Waals surface area contributed by atoms with Crippen LogP contribution in [-0.2, 0) is 28.4 Å². The maximum absolute atomic E-state index is 15.5. The van der Waals surface area contributed by atoms with E-state index in [0.29, 0.717) is 22.4 Å². The van der Waals surface area contributed by atoms with E-state index >= 15 is 4.39 Å². The quantitative estimate of drug-likeness (QED) is 0.395. The number of fused-ring (bicyclic) bond motifs is 2. The summed E-state index contributed by atoms with van der Waals surface area (Å²) < 4.78 is 51.3. The molecule has 11 heteroatoms. The average Bonchev–Trinajstić information content (AvgIpc) is 3.21. The number of carbonyl (C=O) groups is 1. The zero-order valence-electron chi connectivity index (χ0n) is 21.1. The Morgan fingerprint density at radius 3 is 2.74 bits per heavy atom. The third kappa shape index (κ3) is 4.63. The first-order valence-corrected chi connectivity index (χ1v) is 13.5. The van der Waals surface area contributed by atoms with E-state index < -0.39 is 27.7 Å². The molecule has 0 radical (unpaired) electrons. The summed E-state index contributed by atoms with van der Waals surface area (Å²) in [6.45, 7) is 3.85. The van der Waals surface area contributed by atoms with E-state index in [9.17, 15) is 18.3 Å². The SMILES string of the molecule is Cc1ccc(C(CC(=O)O)c2ccc3c(nnn3C)c2F)cc1CN1CC(C)Oc2ccccc2S1(=O)=O. The van der Waals surface area contributed by atoms with Crippen LogP contribution in [-0.4, -0.2) is 51.4 Å². The maximum Gasteiger partial charge on any atom is 0.304 e. The summed E-state index contributed by atoms with van der Waals surface area (Å²) in [6.07, 6.45) is -0.740. The standard InChI is InChI=1S/C27H27FN4O5S/c1-16-8-9-18(21(13-25(33)34)20-10-11-22-27(26(20)28)29-30-31(22)3)12-19(16)15-32-14-17(2)37-23-6-4-5-7-24(23)38(32,35)36/h4-12,17,21H,13-15H2,1-3H3,(H,33,34). The molecule has 38 heavy (non-hydrogen) atoms. The number of aryl methyl sites for hydroxylation is 2. The Bertz CT molecular complexity index is 1650. The lowest BCUT2D eigenvalue weighted by Gasteiger charge is -2.24. The molecule has 1 aliphatic heterocycles. The Labute approximate surface area is 219 Å². The minimum absolute atomic E-state index is 0.0511. The van der Waals surface area contributed by atoms with Crippen LogP contribution in [0.2, 0.25) is 0 Å². The molecule has 1 N–H and O–H groups in total. The van der Waals surface area contributed by atoms with Crippen molar-refractivity contribution in [1.29, 1.82) is 0 Å². The number of aromatic nitrogens is 3. The predicted octanol–water partition coefficient (Wildman–Crippen LogP) is 3.99. The van der Waals surface area contributed by atoms with Crippen molar-refractivity contribution >= 4 is 27.0 Å². The fourth-order valence-electron chi connectivity index (χ4n) is 4.89. The van der Waals surface area contributed by atoms with Gasteiger partial charge in [-0.05, 0) is 54.3 Å². The van der Waals surface area contributed by atoms with Gasteiger partial charge in [0, 0.05) is 19.5 Å². The molecular weight excluding hydrogens is 511 g/mol. The molecule has 1 aromatic heterocycles. The van der Waals surface area contributed by atoms with Crippen molar-refractivity contribution in [2.45, 2.75) is 43.7 Å². The molecule has 3 aromatic carbocycles. The van der Waals surface area contributed by atoms with Gasteiger partial charge in [-0.1, -0.05) is 41.6 Å². The highest BCUT2D eigenvalue weighted by molar-refractivity contribution is 7.89. The number of carboxylic acid groups (broad SMARTS) is 1. The fraction of sp³-hybridized carbons (Fsp3) is 0.296. The first-order valence-electron chi connectivity index (χ1n) is 12.1. The van der Waals surface area contributed by atoms with Crippen molar-refractivity contribution in [2.24, 2.45) is 7.05 Å². The van der Waals surface area contributed by atoms with Gasteiger partial charge in [-0.15, -0.1) is 5.10 Å². The van der Waals surface area contributed by atoms with E-state index in [-0.39, 0.29) is 41.6 Å². The second kappa shape index (κ2) is 9.80. The number of halogens is 1. The number of hydrogen-bond donors (Lipinski definition) is 1. The number of nitrogens with zero attached hydrogens (tertiary/aromatic N) is 4. The number of sulfonamides is 1. The molecule has 198 valence electrons. The number of benzene rings is 3. The molecule has 0 amide bonds. The van der Waals surface area contributed by atoms with Crippen LogP contribution in [0.1, 0.15) is 41.5 Å². The van der Waals surface area contributed by atoms with Gasteiger partial charge >= 0.3 is 5.97 Å². The highest BCUT2D eigenvalue weighted by Gasteiger charge is 2.34. The van der Waals surface area contributed by atoms with Crippen molar-refractivity contribution in [1.82, 2.24) is 19.3 Å². The van der Waals surface area contributed by atoms with E-state index in [4.69, 9.17) is 4.74 Å². The summed E-state index contributed by atoms with van der Waals surface area (Å²) in [6, 6.07) is 15.1. The van der Waals surface area contributed by atoms with Gasteiger partial charge < -0.3 is 9.84 Å². The molecule has 0 saturated carbocycles. The van der Waals surface area contributed by atoms with Crippen LogP contribution in [0.25, 0.3) is 11.0 Å². The smallest absolute Gasteiger partial charge is 0.304 e. The highest BCUT2D eigenvalue weighted by Crippen LogP contribution is 2.35. The van der Waals surface area contributed by atoms with Crippen molar-refractivity contribution in [3.63, 3.8) is 0 Å². The van der Waals surface area contributed by atoms with Crippen LogP contribution >= 0.6 is 0 Å². The molecule has 0 aliphatic carbocycles. The van der Waals surface area contributed by atoms with E-state index in [1.54, 1.807) is 55.6 Å². The molecule has 9 nitrogen and oxygen atoms in total. The van der Waals surface area contributed by atoms with Crippen LogP contribution in [0, 0.1) is 12.7 Å². The van der Waals surface area contributed by atoms with Gasteiger partial charge in [-0.3, -0.25) is 4.79 Å². The first-order chi connectivity index (χ1) is 18.1. The monoisotopic (exact) mass is 538 g/mol. The second-order valence-electron chi connectivity index (χ2n) is 9.56. The summed E-state index contributed by atoms with van der Waals surface area (Å²) in [5, 5.41) is 17.4. The molecule has 0 spiro atoms. The normalized spacial score (nSPS) is 17.9. The summed E-state index contributed by atoms with van der Waals surface area (Å²) >= 11 is 0. The molecule has 0 saturated heterocycles. The van der Waals surface area contributed by atoms with Gasteiger partial charge in [-0.25, -0.2) is 17.5 Å². The topological polar surface area (TPSA) is 115 Å². The molecular formula is C27H27FN4O5S. The third-order valence-corrected chi connectivity index (χ3v) is 8.74. The van der Waals surface area contributed by atoms with E-state index in [1.807, 2.05) is 13.8 Å². The second-order valence-corrected chi connectivity index (χ2v) is 11.5. The Morgan fingerprint density at radius 2 is 1.97 bits per heavy atom. The molecule has 0 bridgehead atoms. The maximum atomic E-state index is 15.5. The minimum Gasteiger partial charge on any atom is -0.488 e. The Morgan fingerprint density at radius 1 is 1.21 bits per heavy atom. The number of rotatable bonds is 6. The minimum atomic E-state index is -3.86. The zero-order chi connectivity index (χ0) is 27.2. The molecule has 4 aromatic rings. The van der Waals surface area contributed by atoms with E-state index in [1.165, 1.54) is 15.1 Å². The average molecular weight is 539 g/mol. The first kappa shape index (κ1) is 25.8. The number of ether oxygens (including phenoxy) is 1. The molecule has 2 atom stereocenters. The zero-order valence-corrected chi connectivity index (χ0v) is 21.9. The van der Waals surface area contributed by atoms with Crippen molar-refractivity contribution in [3.05, 3.63) is 82.7 Å². The molecule has 0 fully saturated rings. The van der Waals surface area contributed by atoms with Gasteiger partial charge in [0.1, 0.15) is 22.3 Å². The molecule has 1 aliphatic rings. The molecule has 2 heterocycles. The number of aliphatic carboxylic acids is 1. The lowest BCUT2D eigenvalue weighted by Crippen LogP contribution is -2.35. The summed E-state index contributed by atoms with van der Waals surface area (Å²) in [4.78, 5) is 11.9. The highest BCUT2D eigenvalue weighted by atomic mass is 32.2. The summed E-state index contributed by atoms with van der Waals surface area (Å²) in [7, 11) is -2.21.